The summed E-state index contributed by atoms with van der Waals surface area (Å²) in [5.74, 6) is 2.63. The molecule has 3 heterocycles. The molecule has 0 aliphatic heterocycles. The highest BCUT2D eigenvalue weighted by molar-refractivity contribution is 6.00. The van der Waals surface area contributed by atoms with E-state index in [4.69, 9.17) is 14.0 Å². The molecule has 0 saturated heterocycles. The van der Waals surface area contributed by atoms with Crippen molar-refractivity contribution in [1.29, 1.82) is 0 Å². The number of fused-ring (bicyclic) bond motifs is 1. The number of hydrogen-bond acceptors (Lipinski definition) is 7. The van der Waals surface area contributed by atoms with Crippen molar-refractivity contribution in [3.8, 4) is 22.9 Å². The van der Waals surface area contributed by atoms with Crippen LogP contribution in [0.1, 0.15) is 30.1 Å². The van der Waals surface area contributed by atoms with Crippen LogP contribution in [0.3, 0.4) is 0 Å². The Hall–Kier alpha value is -3.62. The number of methoxy groups -OCH3 is 2. The van der Waals surface area contributed by atoms with Crippen LogP contribution in [0.4, 0.5) is 10.2 Å². The summed E-state index contributed by atoms with van der Waals surface area (Å²) in [5.41, 5.74) is 2.24. The van der Waals surface area contributed by atoms with Gasteiger partial charge in [0.2, 0.25) is 0 Å². The number of nitrogens with one attached hydrogen (secondary N) is 2. The number of halogens is 1. The van der Waals surface area contributed by atoms with E-state index >= 15 is 0 Å². The second-order valence-electron chi connectivity index (χ2n) is 7.20. The SMILES string of the molecule is COc1ccc(CNc2ncc(F)c3n[nH]c(-c4cc(C5CC5)on4)c23)c(OC)c1. The van der Waals surface area contributed by atoms with E-state index in [0.717, 1.165) is 30.4 Å². The number of rotatable bonds is 7. The molecule has 4 aromatic rings. The third-order valence-electron chi connectivity index (χ3n) is 5.24. The maximum atomic E-state index is 14.4. The minimum atomic E-state index is -0.508. The monoisotopic (exact) mass is 409 g/mol. The predicted octanol–water partition coefficient (Wildman–Crippen LogP) is 4.26. The highest BCUT2D eigenvalue weighted by Gasteiger charge is 2.29. The van der Waals surface area contributed by atoms with Crippen LogP contribution in [-0.2, 0) is 6.54 Å². The summed E-state index contributed by atoms with van der Waals surface area (Å²) in [6.45, 7) is 0.414. The van der Waals surface area contributed by atoms with E-state index in [9.17, 15) is 4.39 Å². The first kappa shape index (κ1) is 18.4. The van der Waals surface area contributed by atoms with Crippen LogP contribution in [0.2, 0.25) is 0 Å². The predicted molar refractivity (Wildman–Crippen MR) is 108 cm³/mol. The highest BCUT2D eigenvalue weighted by atomic mass is 19.1. The van der Waals surface area contributed by atoms with Gasteiger partial charge in [-0.3, -0.25) is 5.10 Å². The van der Waals surface area contributed by atoms with Gasteiger partial charge in [0.05, 0.1) is 31.5 Å². The number of nitrogens with zero attached hydrogens (tertiary/aromatic N) is 3. The molecule has 1 aliphatic carbocycles. The molecular weight excluding hydrogens is 389 g/mol. The maximum absolute atomic E-state index is 14.4. The lowest BCUT2D eigenvalue weighted by Crippen LogP contribution is -2.04. The molecule has 154 valence electrons. The molecule has 2 N–H and O–H groups in total. The fraction of sp³-hybridized carbons (Fsp3) is 0.286. The van der Waals surface area contributed by atoms with Gasteiger partial charge in [-0.25, -0.2) is 9.37 Å². The fourth-order valence-corrected chi connectivity index (χ4v) is 3.46. The molecule has 0 spiro atoms. The zero-order valence-electron chi connectivity index (χ0n) is 16.5. The second-order valence-corrected chi connectivity index (χ2v) is 7.20. The fourth-order valence-electron chi connectivity index (χ4n) is 3.46. The van der Waals surface area contributed by atoms with E-state index in [2.05, 4.69) is 25.7 Å². The van der Waals surface area contributed by atoms with Crippen molar-refractivity contribution in [2.75, 3.05) is 19.5 Å². The van der Waals surface area contributed by atoms with Crippen molar-refractivity contribution >= 4 is 16.7 Å². The van der Waals surface area contributed by atoms with Gasteiger partial charge in [-0.05, 0) is 25.0 Å². The highest BCUT2D eigenvalue weighted by Crippen LogP contribution is 2.42. The Kier molecular flexibility index (Phi) is 4.50. The lowest BCUT2D eigenvalue weighted by Gasteiger charge is -2.12. The lowest BCUT2D eigenvalue weighted by atomic mass is 10.1. The van der Waals surface area contributed by atoms with E-state index < -0.39 is 5.82 Å². The summed E-state index contributed by atoms with van der Waals surface area (Å²) >= 11 is 0. The van der Waals surface area contributed by atoms with E-state index in [1.165, 1.54) is 0 Å². The minimum absolute atomic E-state index is 0.195. The minimum Gasteiger partial charge on any atom is -0.497 e. The quantitative estimate of drug-likeness (QED) is 0.471. The molecule has 1 fully saturated rings. The molecule has 1 aliphatic rings. The molecule has 1 saturated carbocycles. The van der Waals surface area contributed by atoms with Gasteiger partial charge in [0.25, 0.3) is 0 Å². The van der Waals surface area contributed by atoms with Crippen molar-refractivity contribution in [2.24, 2.45) is 0 Å². The van der Waals surface area contributed by atoms with Crippen LogP contribution in [0.5, 0.6) is 11.5 Å². The van der Waals surface area contributed by atoms with Crippen molar-refractivity contribution in [3.05, 3.63) is 47.6 Å². The summed E-state index contributed by atoms with van der Waals surface area (Å²) in [6, 6.07) is 7.45. The summed E-state index contributed by atoms with van der Waals surface area (Å²) in [5, 5.41) is 15.0. The number of ether oxygens (including phenoxy) is 2. The molecule has 0 radical (unpaired) electrons. The molecule has 0 atom stereocenters. The number of hydrogen-bond donors (Lipinski definition) is 2. The molecule has 0 bridgehead atoms. The van der Waals surface area contributed by atoms with Gasteiger partial charge in [0.15, 0.2) is 5.82 Å². The summed E-state index contributed by atoms with van der Waals surface area (Å²) in [7, 11) is 3.20. The largest absolute Gasteiger partial charge is 0.497 e. The number of H-pyrrole nitrogens is 1. The average molecular weight is 409 g/mol. The van der Waals surface area contributed by atoms with E-state index in [-0.39, 0.29) is 5.52 Å². The first-order valence-electron chi connectivity index (χ1n) is 9.62. The van der Waals surface area contributed by atoms with Gasteiger partial charge >= 0.3 is 0 Å². The van der Waals surface area contributed by atoms with Gasteiger partial charge < -0.3 is 19.3 Å². The van der Waals surface area contributed by atoms with Gasteiger partial charge in [-0.1, -0.05) is 5.16 Å². The normalized spacial score (nSPS) is 13.6. The summed E-state index contributed by atoms with van der Waals surface area (Å²) < 4.78 is 30.5. The molecule has 3 aromatic heterocycles. The number of pyridine rings is 1. The average Bonchev–Trinajstić information content (AvgIpc) is 3.33. The molecule has 0 amide bonds. The molecular formula is C21H20FN5O3. The van der Waals surface area contributed by atoms with Gasteiger partial charge in [0.1, 0.15) is 34.3 Å². The lowest BCUT2D eigenvalue weighted by molar-refractivity contribution is 0.386. The zero-order valence-corrected chi connectivity index (χ0v) is 16.5. The van der Waals surface area contributed by atoms with Crippen molar-refractivity contribution in [3.63, 3.8) is 0 Å². The summed E-state index contributed by atoms with van der Waals surface area (Å²) in [6.07, 6.45) is 3.36. The maximum Gasteiger partial charge on any atom is 0.169 e. The number of aromatic nitrogens is 4. The van der Waals surface area contributed by atoms with E-state index in [1.807, 2.05) is 24.3 Å². The molecule has 9 heteroatoms. The topological polar surface area (TPSA) is 98.1 Å². The Labute approximate surface area is 171 Å². The van der Waals surface area contributed by atoms with Crippen molar-refractivity contribution in [2.45, 2.75) is 25.3 Å². The number of benzene rings is 1. The van der Waals surface area contributed by atoms with E-state index in [0.29, 0.717) is 46.6 Å². The second kappa shape index (κ2) is 7.33. The molecule has 5 rings (SSSR count). The molecule has 30 heavy (non-hydrogen) atoms. The van der Waals surface area contributed by atoms with Gasteiger partial charge in [-0.15, -0.1) is 0 Å². The first-order valence-corrected chi connectivity index (χ1v) is 9.62. The Morgan fingerprint density at radius 1 is 1.23 bits per heavy atom. The smallest absolute Gasteiger partial charge is 0.169 e. The Morgan fingerprint density at radius 3 is 2.87 bits per heavy atom. The standard InChI is InChI=1S/C21H20FN5O3/c1-28-13-6-5-12(16(7-13)29-2)9-23-21-18-19(14(22)10-24-21)25-26-20(18)15-8-17(30-27-15)11-3-4-11/h5-8,10-11H,3-4,9H2,1-2H3,(H,23,24)(H,25,26). The van der Waals surface area contributed by atoms with Crippen LogP contribution in [0, 0.1) is 5.82 Å². The Morgan fingerprint density at radius 2 is 2.10 bits per heavy atom. The van der Waals surface area contributed by atoms with E-state index in [1.54, 1.807) is 14.2 Å². The zero-order chi connectivity index (χ0) is 20.7. The van der Waals surface area contributed by atoms with Crippen LogP contribution in [0.25, 0.3) is 22.3 Å². The van der Waals surface area contributed by atoms with Crippen molar-refractivity contribution in [1.82, 2.24) is 20.3 Å². The van der Waals surface area contributed by atoms with Crippen LogP contribution in [0.15, 0.2) is 35.0 Å². The number of anilines is 1. The third-order valence-corrected chi connectivity index (χ3v) is 5.24. The van der Waals surface area contributed by atoms with Crippen molar-refractivity contribution < 1.29 is 18.4 Å². The Balaban J connectivity index is 1.50. The molecule has 1 aromatic carbocycles. The van der Waals surface area contributed by atoms with Crippen LogP contribution < -0.4 is 14.8 Å². The number of aromatic amines is 1. The Bertz CT molecular complexity index is 1210. The van der Waals surface area contributed by atoms with Crippen LogP contribution in [-0.4, -0.2) is 34.6 Å². The van der Waals surface area contributed by atoms with Gasteiger partial charge in [0, 0.05) is 30.2 Å². The first-order chi connectivity index (χ1) is 14.7. The van der Waals surface area contributed by atoms with Gasteiger partial charge in [-0.2, -0.15) is 5.10 Å². The molecule has 8 nitrogen and oxygen atoms in total. The molecule has 0 unspecified atom stereocenters. The summed E-state index contributed by atoms with van der Waals surface area (Å²) in [4.78, 5) is 4.25. The van der Waals surface area contributed by atoms with Crippen LogP contribution >= 0.6 is 0 Å². The third kappa shape index (κ3) is 3.22.